The van der Waals surface area contributed by atoms with Gasteiger partial charge in [0.2, 0.25) is 0 Å². The van der Waals surface area contributed by atoms with Crippen LogP contribution in [0.4, 0.5) is 5.82 Å². The fourth-order valence-electron chi connectivity index (χ4n) is 1.37. The van der Waals surface area contributed by atoms with Gasteiger partial charge < -0.3 is 10.6 Å². The number of hydrogen-bond acceptors (Lipinski definition) is 4. The fourth-order valence-corrected chi connectivity index (χ4v) is 1.79. The number of rotatable bonds is 6. The SMILES string of the molecule is CCNc1cc(C(=O)NCC(C)(C)SC)cc(Cl)n1. The molecule has 0 radical (unpaired) electrons. The van der Waals surface area contributed by atoms with Gasteiger partial charge >= 0.3 is 0 Å². The molecule has 0 aliphatic rings. The van der Waals surface area contributed by atoms with E-state index in [1.54, 1.807) is 23.9 Å². The van der Waals surface area contributed by atoms with E-state index in [1.807, 2.05) is 13.2 Å². The molecule has 1 amide bonds. The molecule has 0 saturated heterocycles. The Morgan fingerprint density at radius 1 is 1.47 bits per heavy atom. The van der Waals surface area contributed by atoms with Gasteiger partial charge in [-0.2, -0.15) is 11.8 Å². The quantitative estimate of drug-likeness (QED) is 0.793. The molecule has 6 heteroatoms. The zero-order valence-electron chi connectivity index (χ0n) is 11.7. The summed E-state index contributed by atoms with van der Waals surface area (Å²) >= 11 is 7.63. The van der Waals surface area contributed by atoms with Gasteiger partial charge in [-0.15, -0.1) is 0 Å². The van der Waals surface area contributed by atoms with E-state index < -0.39 is 0 Å². The number of carbonyl (C=O) groups excluding carboxylic acids is 1. The van der Waals surface area contributed by atoms with Crippen molar-refractivity contribution in [1.82, 2.24) is 10.3 Å². The Kier molecular flexibility index (Phi) is 5.94. The van der Waals surface area contributed by atoms with Crippen LogP contribution in [0, 0.1) is 0 Å². The zero-order valence-corrected chi connectivity index (χ0v) is 13.3. The zero-order chi connectivity index (χ0) is 14.5. The summed E-state index contributed by atoms with van der Waals surface area (Å²) in [5, 5.41) is 6.27. The molecule has 0 unspecified atom stereocenters. The summed E-state index contributed by atoms with van der Waals surface area (Å²) < 4.78 is 0.0109. The van der Waals surface area contributed by atoms with Crippen molar-refractivity contribution in [2.45, 2.75) is 25.5 Å². The average Bonchev–Trinajstić information content (AvgIpc) is 2.36. The molecule has 0 bridgehead atoms. The Balaban J connectivity index is 2.76. The lowest BCUT2D eigenvalue weighted by Gasteiger charge is -2.22. The Labute approximate surface area is 123 Å². The number of carbonyl (C=O) groups is 1. The maximum absolute atomic E-state index is 12.1. The molecule has 0 fully saturated rings. The highest BCUT2D eigenvalue weighted by Gasteiger charge is 2.18. The van der Waals surface area contributed by atoms with Gasteiger partial charge in [-0.3, -0.25) is 4.79 Å². The second-order valence-corrected chi connectivity index (χ2v) is 6.64. The van der Waals surface area contributed by atoms with Crippen LogP contribution in [-0.2, 0) is 0 Å². The Morgan fingerprint density at radius 2 is 2.16 bits per heavy atom. The van der Waals surface area contributed by atoms with Gasteiger partial charge in [-0.1, -0.05) is 11.6 Å². The molecule has 1 rings (SSSR count). The van der Waals surface area contributed by atoms with Crippen LogP contribution in [-0.4, -0.2) is 35.0 Å². The van der Waals surface area contributed by atoms with E-state index >= 15 is 0 Å². The van der Waals surface area contributed by atoms with Crippen molar-refractivity contribution in [2.75, 3.05) is 24.7 Å². The molecule has 1 aromatic heterocycles. The predicted molar refractivity (Wildman–Crippen MR) is 83.3 cm³/mol. The molecule has 0 saturated carbocycles. The van der Waals surface area contributed by atoms with E-state index in [0.717, 1.165) is 6.54 Å². The van der Waals surface area contributed by atoms with Crippen LogP contribution in [0.2, 0.25) is 5.15 Å². The van der Waals surface area contributed by atoms with Gasteiger partial charge in [0.25, 0.3) is 5.91 Å². The number of anilines is 1. The minimum absolute atomic E-state index is 0.0109. The van der Waals surface area contributed by atoms with Crippen molar-refractivity contribution >= 4 is 35.1 Å². The molecule has 0 aliphatic carbocycles. The first kappa shape index (κ1) is 16.1. The second kappa shape index (κ2) is 7.01. The lowest BCUT2D eigenvalue weighted by Crippen LogP contribution is -2.36. The predicted octanol–water partition coefficient (Wildman–Crippen LogP) is 3.04. The fraction of sp³-hybridized carbons (Fsp3) is 0.538. The highest BCUT2D eigenvalue weighted by molar-refractivity contribution is 7.99. The van der Waals surface area contributed by atoms with E-state index in [4.69, 9.17) is 11.6 Å². The van der Waals surface area contributed by atoms with Crippen LogP contribution in [0.25, 0.3) is 0 Å². The van der Waals surface area contributed by atoms with Crippen LogP contribution in [0.15, 0.2) is 12.1 Å². The summed E-state index contributed by atoms with van der Waals surface area (Å²) in [5.41, 5.74) is 0.521. The summed E-state index contributed by atoms with van der Waals surface area (Å²) in [6.07, 6.45) is 2.03. The number of hydrogen-bond donors (Lipinski definition) is 2. The van der Waals surface area contributed by atoms with Crippen molar-refractivity contribution in [2.24, 2.45) is 0 Å². The summed E-state index contributed by atoms with van der Waals surface area (Å²) in [5.74, 6) is 0.481. The monoisotopic (exact) mass is 301 g/mol. The van der Waals surface area contributed by atoms with Gasteiger partial charge in [0.15, 0.2) is 0 Å². The first-order chi connectivity index (χ1) is 8.88. The molecule has 4 nitrogen and oxygen atoms in total. The summed E-state index contributed by atoms with van der Waals surface area (Å²) in [6.45, 7) is 7.46. The summed E-state index contributed by atoms with van der Waals surface area (Å²) in [6, 6.07) is 3.28. The lowest BCUT2D eigenvalue weighted by molar-refractivity contribution is 0.0950. The van der Waals surface area contributed by atoms with Crippen LogP contribution in [0.5, 0.6) is 0 Å². The number of pyridine rings is 1. The number of aromatic nitrogens is 1. The van der Waals surface area contributed by atoms with E-state index in [-0.39, 0.29) is 10.7 Å². The number of nitrogens with one attached hydrogen (secondary N) is 2. The van der Waals surface area contributed by atoms with Gasteiger partial charge in [-0.05, 0) is 39.2 Å². The lowest BCUT2D eigenvalue weighted by atomic mass is 10.2. The topological polar surface area (TPSA) is 54.0 Å². The largest absolute Gasteiger partial charge is 0.370 e. The van der Waals surface area contributed by atoms with E-state index in [9.17, 15) is 4.79 Å². The second-order valence-electron chi connectivity index (χ2n) is 4.74. The highest BCUT2D eigenvalue weighted by Crippen LogP contribution is 2.20. The molecular formula is C13H20ClN3OS. The van der Waals surface area contributed by atoms with E-state index in [0.29, 0.717) is 23.1 Å². The van der Waals surface area contributed by atoms with Crippen molar-refractivity contribution < 1.29 is 4.79 Å². The smallest absolute Gasteiger partial charge is 0.251 e. The molecular weight excluding hydrogens is 282 g/mol. The third kappa shape index (κ3) is 5.28. The first-order valence-corrected chi connectivity index (χ1v) is 7.73. The third-order valence-corrected chi connectivity index (χ3v) is 4.08. The van der Waals surface area contributed by atoms with Crippen molar-refractivity contribution in [3.63, 3.8) is 0 Å². The first-order valence-electron chi connectivity index (χ1n) is 6.13. The molecule has 2 N–H and O–H groups in total. The van der Waals surface area contributed by atoms with E-state index in [1.165, 1.54) is 0 Å². The Hall–Kier alpha value is -0.940. The highest BCUT2D eigenvalue weighted by atomic mass is 35.5. The van der Waals surface area contributed by atoms with Crippen LogP contribution >= 0.6 is 23.4 Å². The van der Waals surface area contributed by atoms with Crippen molar-refractivity contribution in [3.05, 3.63) is 22.8 Å². The molecule has 1 heterocycles. The third-order valence-electron chi connectivity index (χ3n) is 2.64. The standard InChI is InChI=1S/C13H20ClN3OS/c1-5-15-11-7-9(6-10(14)17-11)12(18)16-8-13(2,3)19-4/h6-7H,5,8H2,1-4H3,(H,15,17)(H,16,18). The van der Waals surface area contributed by atoms with Crippen LogP contribution < -0.4 is 10.6 Å². The molecule has 0 atom stereocenters. The van der Waals surface area contributed by atoms with Gasteiger partial charge in [0, 0.05) is 23.4 Å². The molecule has 106 valence electrons. The Bertz CT molecular complexity index is 452. The number of halogens is 1. The van der Waals surface area contributed by atoms with Crippen molar-refractivity contribution in [1.29, 1.82) is 0 Å². The normalized spacial score (nSPS) is 11.2. The molecule has 19 heavy (non-hydrogen) atoms. The maximum Gasteiger partial charge on any atom is 0.251 e. The molecule has 0 aliphatic heterocycles. The van der Waals surface area contributed by atoms with Crippen LogP contribution in [0.3, 0.4) is 0 Å². The minimum Gasteiger partial charge on any atom is -0.370 e. The molecule has 0 spiro atoms. The average molecular weight is 302 g/mol. The summed E-state index contributed by atoms with van der Waals surface area (Å²) in [4.78, 5) is 16.2. The van der Waals surface area contributed by atoms with Crippen molar-refractivity contribution in [3.8, 4) is 0 Å². The van der Waals surface area contributed by atoms with E-state index in [2.05, 4.69) is 29.5 Å². The number of nitrogens with zero attached hydrogens (tertiary/aromatic N) is 1. The Morgan fingerprint density at radius 3 is 2.74 bits per heavy atom. The summed E-state index contributed by atoms with van der Waals surface area (Å²) in [7, 11) is 0. The van der Waals surface area contributed by atoms with Crippen LogP contribution in [0.1, 0.15) is 31.1 Å². The molecule has 1 aromatic rings. The maximum atomic E-state index is 12.1. The van der Waals surface area contributed by atoms with Gasteiger partial charge in [-0.25, -0.2) is 4.98 Å². The number of thioether (sulfide) groups is 1. The minimum atomic E-state index is -0.134. The van der Waals surface area contributed by atoms with Gasteiger partial charge in [0.1, 0.15) is 11.0 Å². The van der Waals surface area contributed by atoms with Gasteiger partial charge in [0.05, 0.1) is 0 Å². The number of amides is 1. The molecule has 0 aromatic carbocycles.